The molecule has 2 aromatic rings. The Morgan fingerprint density at radius 2 is 1.61 bits per heavy atom. The van der Waals surface area contributed by atoms with E-state index in [1.54, 1.807) is 0 Å². The Morgan fingerprint density at radius 1 is 0.857 bits per heavy atom. The molecule has 0 radical (unpaired) electrons. The molecule has 2 heteroatoms. The molecule has 0 amide bonds. The fraction of sp³-hybridized carbons (Fsp3) is 0.577. The maximum Gasteiger partial charge on any atom is 0.119 e. The van der Waals surface area contributed by atoms with Crippen LogP contribution in [-0.4, -0.2) is 11.6 Å². The number of aryl methyl sites for hydroxylation is 1. The van der Waals surface area contributed by atoms with Crippen LogP contribution in [-0.2, 0) is 6.42 Å². The van der Waals surface area contributed by atoms with E-state index in [1.165, 1.54) is 63.4 Å². The van der Waals surface area contributed by atoms with Gasteiger partial charge in [-0.2, -0.15) is 0 Å². The minimum Gasteiger partial charge on any atom is -0.493 e. The number of hydrogen-bond donors (Lipinski definition) is 0. The van der Waals surface area contributed by atoms with Gasteiger partial charge >= 0.3 is 0 Å². The van der Waals surface area contributed by atoms with Gasteiger partial charge in [0.2, 0.25) is 0 Å². The van der Waals surface area contributed by atoms with Crippen LogP contribution < -0.4 is 4.74 Å². The molecule has 1 aliphatic rings. The zero-order valence-electron chi connectivity index (χ0n) is 17.8. The lowest BCUT2D eigenvalue weighted by Gasteiger charge is -2.27. The summed E-state index contributed by atoms with van der Waals surface area (Å²) < 4.78 is 6.07. The Labute approximate surface area is 171 Å². The zero-order chi connectivity index (χ0) is 19.6. The average Bonchev–Trinajstić information content (AvgIpc) is 2.76. The molecule has 0 atom stereocenters. The predicted molar refractivity (Wildman–Crippen MR) is 119 cm³/mol. The summed E-state index contributed by atoms with van der Waals surface area (Å²) in [4.78, 5) is 4.67. The van der Waals surface area contributed by atoms with Crippen molar-refractivity contribution < 1.29 is 4.74 Å². The molecule has 1 aliphatic carbocycles. The van der Waals surface area contributed by atoms with Gasteiger partial charge in [-0.3, -0.25) is 4.98 Å². The second kappa shape index (κ2) is 11.2. The van der Waals surface area contributed by atoms with Crippen LogP contribution in [0.15, 0.2) is 42.6 Å². The molecule has 0 spiro atoms. The first-order chi connectivity index (χ1) is 13.8. The number of unbranched alkanes of at least 4 members (excludes halogenated alkanes) is 3. The number of hydrogen-bond acceptors (Lipinski definition) is 2. The highest BCUT2D eigenvalue weighted by atomic mass is 16.5. The third-order valence-electron chi connectivity index (χ3n) is 6.32. The smallest absolute Gasteiger partial charge is 0.119 e. The SMILES string of the molecule is CCCCCCc1ccc(-c2ccc(OCC3CCC(CC)CC3)cc2)nc1. The Bertz CT molecular complexity index is 669. The molecule has 0 saturated heterocycles. The van der Waals surface area contributed by atoms with Crippen molar-refractivity contribution in [3.8, 4) is 17.0 Å². The number of aromatic nitrogens is 1. The maximum absolute atomic E-state index is 6.07. The number of benzene rings is 1. The standard InChI is InChI=1S/C26H37NO/c1-3-5-6-7-8-22-13-18-26(27-19-22)24-14-16-25(17-15-24)28-20-23-11-9-21(4-2)10-12-23/h13-19,21,23H,3-12,20H2,1-2H3. The monoisotopic (exact) mass is 379 g/mol. The van der Waals surface area contributed by atoms with E-state index in [0.29, 0.717) is 0 Å². The fourth-order valence-corrected chi connectivity index (χ4v) is 4.24. The summed E-state index contributed by atoms with van der Waals surface area (Å²) in [5.74, 6) is 2.66. The number of rotatable bonds is 10. The summed E-state index contributed by atoms with van der Waals surface area (Å²) in [6, 6.07) is 12.8. The third kappa shape index (κ3) is 6.36. The Kier molecular flexibility index (Phi) is 8.39. The first-order valence-electron chi connectivity index (χ1n) is 11.5. The van der Waals surface area contributed by atoms with E-state index in [0.717, 1.165) is 41.9 Å². The largest absolute Gasteiger partial charge is 0.493 e. The molecule has 152 valence electrons. The molecule has 1 aromatic carbocycles. The van der Waals surface area contributed by atoms with Gasteiger partial charge in [0.05, 0.1) is 12.3 Å². The van der Waals surface area contributed by atoms with Crippen LogP contribution in [0.25, 0.3) is 11.3 Å². The fourth-order valence-electron chi connectivity index (χ4n) is 4.24. The maximum atomic E-state index is 6.07. The van der Waals surface area contributed by atoms with E-state index in [4.69, 9.17) is 4.74 Å². The zero-order valence-corrected chi connectivity index (χ0v) is 17.8. The first kappa shape index (κ1) is 20.9. The van der Waals surface area contributed by atoms with Gasteiger partial charge in [0.15, 0.2) is 0 Å². The molecule has 0 bridgehead atoms. The van der Waals surface area contributed by atoms with E-state index < -0.39 is 0 Å². The molecule has 1 fully saturated rings. The molecule has 0 aliphatic heterocycles. The van der Waals surface area contributed by atoms with Crippen LogP contribution in [0.4, 0.5) is 0 Å². The molecule has 1 saturated carbocycles. The van der Waals surface area contributed by atoms with Gasteiger partial charge in [0.1, 0.15) is 5.75 Å². The van der Waals surface area contributed by atoms with E-state index in [2.05, 4.69) is 55.2 Å². The third-order valence-corrected chi connectivity index (χ3v) is 6.32. The van der Waals surface area contributed by atoms with E-state index >= 15 is 0 Å². The van der Waals surface area contributed by atoms with Gasteiger partial charge in [0.25, 0.3) is 0 Å². The van der Waals surface area contributed by atoms with Gasteiger partial charge in [0, 0.05) is 11.8 Å². The molecular weight excluding hydrogens is 342 g/mol. The first-order valence-corrected chi connectivity index (χ1v) is 11.5. The van der Waals surface area contributed by atoms with E-state index in [1.807, 2.05) is 6.20 Å². The normalized spacial score (nSPS) is 19.5. The molecule has 3 rings (SSSR count). The van der Waals surface area contributed by atoms with Crippen molar-refractivity contribution in [2.24, 2.45) is 11.8 Å². The van der Waals surface area contributed by atoms with Crippen LogP contribution in [0.1, 0.15) is 77.2 Å². The quantitative estimate of drug-likeness (QED) is 0.399. The van der Waals surface area contributed by atoms with Crippen molar-refractivity contribution in [2.45, 2.75) is 78.1 Å². The van der Waals surface area contributed by atoms with Crippen LogP contribution in [0.2, 0.25) is 0 Å². The highest BCUT2D eigenvalue weighted by molar-refractivity contribution is 5.60. The second-order valence-electron chi connectivity index (χ2n) is 8.49. The highest BCUT2D eigenvalue weighted by Gasteiger charge is 2.20. The van der Waals surface area contributed by atoms with Crippen LogP contribution >= 0.6 is 0 Å². The van der Waals surface area contributed by atoms with Gasteiger partial charge in [-0.15, -0.1) is 0 Å². The summed E-state index contributed by atoms with van der Waals surface area (Å²) in [5, 5.41) is 0. The molecule has 1 aromatic heterocycles. The van der Waals surface area contributed by atoms with Crippen molar-refractivity contribution in [2.75, 3.05) is 6.61 Å². The number of ether oxygens (including phenoxy) is 1. The molecule has 2 nitrogen and oxygen atoms in total. The minimum atomic E-state index is 0.731. The Hall–Kier alpha value is -1.83. The Morgan fingerprint density at radius 3 is 2.25 bits per heavy atom. The molecule has 0 unspecified atom stereocenters. The Balaban J connectivity index is 1.46. The van der Waals surface area contributed by atoms with Crippen molar-refractivity contribution in [1.29, 1.82) is 0 Å². The van der Waals surface area contributed by atoms with Crippen molar-refractivity contribution in [1.82, 2.24) is 4.98 Å². The summed E-state index contributed by atoms with van der Waals surface area (Å²) >= 11 is 0. The van der Waals surface area contributed by atoms with Gasteiger partial charge < -0.3 is 4.74 Å². The lowest BCUT2D eigenvalue weighted by Crippen LogP contribution is -2.19. The number of pyridine rings is 1. The summed E-state index contributed by atoms with van der Waals surface area (Å²) in [7, 11) is 0. The predicted octanol–water partition coefficient (Wildman–Crippen LogP) is 7.47. The average molecular weight is 380 g/mol. The van der Waals surface area contributed by atoms with Crippen LogP contribution in [0.5, 0.6) is 5.75 Å². The summed E-state index contributed by atoms with van der Waals surface area (Å²) in [6.07, 6.45) is 15.1. The van der Waals surface area contributed by atoms with E-state index in [-0.39, 0.29) is 0 Å². The van der Waals surface area contributed by atoms with Crippen molar-refractivity contribution in [3.05, 3.63) is 48.2 Å². The van der Waals surface area contributed by atoms with Crippen LogP contribution in [0.3, 0.4) is 0 Å². The van der Waals surface area contributed by atoms with Gasteiger partial charge in [-0.05, 0) is 73.4 Å². The lowest BCUT2D eigenvalue weighted by molar-refractivity contribution is 0.181. The molecular formula is C26H37NO. The second-order valence-corrected chi connectivity index (χ2v) is 8.49. The molecule has 28 heavy (non-hydrogen) atoms. The molecule has 0 N–H and O–H groups in total. The van der Waals surface area contributed by atoms with Crippen LogP contribution in [0, 0.1) is 11.8 Å². The van der Waals surface area contributed by atoms with Gasteiger partial charge in [-0.25, -0.2) is 0 Å². The topological polar surface area (TPSA) is 22.1 Å². The van der Waals surface area contributed by atoms with Crippen molar-refractivity contribution in [3.63, 3.8) is 0 Å². The highest BCUT2D eigenvalue weighted by Crippen LogP contribution is 2.31. The minimum absolute atomic E-state index is 0.731. The lowest BCUT2D eigenvalue weighted by atomic mass is 9.81. The number of nitrogens with zero attached hydrogens (tertiary/aromatic N) is 1. The van der Waals surface area contributed by atoms with E-state index in [9.17, 15) is 0 Å². The summed E-state index contributed by atoms with van der Waals surface area (Å²) in [6.45, 7) is 5.43. The molecule has 1 heterocycles. The van der Waals surface area contributed by atoms with Gasteiger partial charge in [-0.1, -0.05) is 58.4 Å². The van der Waals surface area contributed by atoms with Crippen molar-refractivity contribution >= 4 is 0 Å². The summed E-state index contributed by atoms with van der Waals surface area (Å²) in [5.41, 5.74) is 3.55.